The van der Waals surface area contributed by atoms with Crippen LogP contribution in [0.15, 0.2) is 0 Å². The van der Waals surface area contributed by atoms with Gasteiger partial charge in [-0.3, -0.25) is 4.79 Å². The second kappa shape index (κ2) is 6.53. The summed E-state index contributed by atoms with van der Waals surface area (Å²) in [4.78, 5) is 14.4. The van der Waals surface area contributed by atoms with Crippen molar-refractivity contribution in [3.05, 3.63) is 0 Å². The zero-order valence-corrected chi connectivity index (χ0v) is 11.7. The summed E-state index contributed by atoms with van der Waals surface area (Å²) in [6.07, 6.45) is 4.55. The standard InChI is InChI=1S/C14H27N3O/c1-3-17(4-2)9-5-8-15-14(18)12-10-11-6-7-13(12)16-11/h11-13,16H,3-10H2,1-2H3,(H,15,18). The minimum absolute atomic E-state index is 0.234. The molecule has 3 unspecified atom stereocenters. The number of rotatable bonds is 7. The van der Waals surface area contributed by atoms with Gasteiger partial charge >= 0.3 is 0 Å². The van der Waals surface area contributed by atoms with E-state index in [-0.39, 0.29) is 11.8 Å². The second-order valence-electron chi connectivity index (χ2n) is 5.56. The summed E-state index contributed by atoms with van der Waals surface area (Å²) in [5, 5.41) is 6.62. The van der Waals surface area contributed by atoms with E-state index < -0.39 is 0 Å². The first-order chi connectivity index (χ1) is 8.74. The molecule has 2 saturated heterocycles. The molecule has 1 amide bonds. The highest BCUT2D eigenvalue weighted by atomic mass is 16.1. The van der Waals surface area contributed by atoms with Gasteiger partial charge in [-0.2, -0.15) is 0 Å². The first-order valence-electron chi connectivity index (χ1n) is 7.50. The zero-order chi connectivity index (χ0) is 13.0. The molecular weight excluding hydrogens is 226 g/mol. The van der Waals surface area contributed by atoms with Gasteiger partial charge in [0.05, 0.1) is 5.92 Å². The van der Waals surface area contributed by atoms with Crippen LogP contribution in [0, 0.1) is 5.92 Å². The number of carbonyl (C=O) groups excluding carboxylic acids is 1. The maximum absolute atomic E-state index is 12.1. The lowest BCUT2D eigenvalue weighted by molar-refractivity contribution is -0.125. The Morgan fingerprint density at radius 1 is 1.33 bits per heavy atom. The summed E-state index contributed by atoms with van der Waals surface area (Å²) in [6.45, 7) is 8.47. The Labute approximate surface area is 110 Å². The van der Waals surface area contributed by atoms with E-state index >= 15 is 0 Å². The van der Waals surface area contributed by atoms with Crippen molar-refractivity contribution >= 4 is 5.91 Å². The maximum Gasteiger partial charge on any atom is 0.224 e. The molecule has 3 atom stereocenters. The summed E-state index contributed by atoms with van der Waals surface area (Å²) in [6, 6.07) is 1.07. The first-order valence-corrected chi connectivity index (χ1v) is 7.50. The van der Waals surface area contributed by atoms with Gasteiger partial charge in [0.2, 0.25) is 5.91 Å². The Kier molecular flexibility index (Phi) is 5.01. The quantitative estimate of drug-likeness (QED) is 0.665. The van der Waals surface area contributed by atoms with Gasteiger partial charge in [0, 0.05) is 18.6 Å². The van der Waals surface area contributed by atoms with Crippen LogP contribution in [0.25, 0.3) is 0 Å². The van der Waals surface area contributed by atoms with E-state index in [2.05, 4.69) is 29.4 Å². The van der Waals surface area contributed by atoms with Crippen LogP contribution >= 0.6 is 0 Å². The number of hydrogen-bond donors (Lipinski definition) is 2. The molecule has 0 aromatic heterocycles. The molecule has 0 aromatic carbocycles. The highest BCUT2D eigenvalue weighted by molar-refractivity contribution is 5.80. The van der Waals surface area contributed by atoms with Crippen LogP contribution in [0.1, 0.15) is 39.5 Å². The maximum atomic E-state index is 12.1. The van der Waals surface area contributed by atoms with Crippen LogP contribution < -0.4 is 10.6 Å². The lowest BCUT2D eigenvalue weighted by Crippen LogP contribution is -2.38. The first kappa shape index (κ1) is 13.8. The number of hydrogen-bond acceptors (Lipinski definition) is 3. The van der Waals surface area contributed by atoms with Crippen molar-refractivity contribution < 1.29 is 4.79 Å². The molecule has 0 radical (unpaired) electrons. The van der Waals surface area contributed by atoms with Crippen molar-refractivity contribution in [1.29, 1.82) is 0 Å². The van der Waals surface area contributed by atoms with E-state index in [0.29, 0.717) is 12.1 Å². The molecule has 0 saturated carbocycles. The molecule has 18 heavy (non-hydrogen) atoms. The number of carbonyl (C=O) groups is 1. The Morgan fingerprint density at radius 2 is 2.11 bits per heavy atom. The van der Waals surface area contributed by atoms with Gasteiger partial charge in [0.1, 0.15) is 0 Å². The van der Waals surface area contributed by atoms with Gasteiger partial charge < -0.3 is 15.5 Å². The fraction of sp³-hybridized carbons (Fsp3) is 0.929. The number of fused-ring (bicyclic) bond motifs is 2. The van der Waals surface area contributed by atoms with Crippen molar-refractivity contribution in [2.75, 3.05) is 26.2 Å². The Hall–Kier alpha value is -0.610. The number of amides is 1. The molecule has 2 bridgehead atoms. The molecule has 4 heteroatoms. The molecule has 2 heterocycles. The van der Waals surface area contributed by atoms with E-state index in [1.807, 2.05) is 0 Å². The predicted octanol–water partition coefficient (Wildman–Crippen LogP) is 0.975. The monoisotopic (exact) mass is 253 g/mol. The van der Waals surface area contributed by atoms with Crippen LogP contribution in [-0.2, 0) is 4.79 Å². The van der Waals surface area contributed by atoms with Crippen LogP contribution in [-0.4, -0.2) is 49.1 Å². The Morgan fingerprint density at radius 3 is 2.67 bits per heavy atom. The minimum atomic E-state index is 0.234. The SMILES string of the molecule is CCN(CC)CCCNC(=O)C1CC2CCC1N2. The summed E-state index contributed by atoms with van der Waals surface area (Å²) in [7, 11) is 0. The van der Waals surface area contributed by atoms with Crippen LogP contribution in [0.2, 0.25) is 0 Å². The third-order valence-electron chi connectivity index (χ3n) is 4.48. The van der Waals surface area contributed by atoms with E-state index in [9.17, 15) is 4.79 Å². The predicted molar refractivity (Wildman–Crippen MR) is 73.5 cm³/mol. The molecule has 0 aromatic rings. The molecule has 104 valence electrons. The largest absolute Gasteiger partial charge is 0.356 e. The topological polar surface area (TPSA) is 44.4 Å². The van der Waals surface area contributed by atoms with Gasteiger partial charge in [-0.05, 0) is 45.3 Å². The van der Waals surface area contributed by atoms with E-state index in [1.165, 1.54) is 12.8 Å². The summed E-state index contributed by atoms with van der Waals surface area (Å²) in [5.74, 6) is 0.506. The Balaban J connectivity index is 1.61. The third kappa shape index (κ3) is 3.23. The van der Waals surface area contributed by atoms with Crippen molar-refractivity contribution in [2.24, 2.45) is 5.92 Å². The molecule has 2 fully saturated rings. The van der Waals surface area contributed by atoms with Crippen molar-refractivity contribution in [1.82, 2.24) is 15.5 Å². The zero-order valence-electron chi connectivity index (χ0n) is 11.7. The second-order valence-corrected chi connectivity index (χ2v) is 5.56. The van der Waals surface area contributed by atoms with Crippen LogP contribution in [0.5, 0.6) is 0 Å². The van der Waals surface area contributed by atoms with Crippen LogP contribution in [0.4, 0.5) is 0 Å². The van der Waals surface area contributed by atoms with Gasteiger partial charge in [-0.1, -0.05) is 13.8 Å². The fourth-order valence-corrected chi connectivity index (χ4v) is 3.30. The van der Waals surface area contributed by atoms with E-state index in [0.717, 1.165) is 39.0 Å². The molecule has 2 aliphatic heterocycles. The average molecular weight is 253 g/mol. The summed E-state index contributed by atoms with van der Waals surface area (Å²) < 4.78 is 0. The minimum Gasteiger partial charge on any atom is -0.356 e. The van der Waals surface area contributed by atoms with Crippen molar-refractivity contribution in [3.63, 3.8) is 0 Å². The third-order valence-corrected chi connectivity index (χ3v) is 4.48. The lowest BCUT2D eigenvalue weighted by atomic mass is 9.88. The highest BCUT2D eigenvalue weighted by Gasteiger charge is 2.42. The van der Waals surface area contributed by atoms with E-state index in [1.54, 1.807) is 0 Å². The highest BCUT2D eigenvalue weighted by Crippen LogP contribution is 2.33. The van der Waals surface area contributed by atoms with Gasteiger partial charge in [0.15, 0.2) is 0 Å². The molecule has 2 N–H and O–H groups in total. The van der Waals surface area contributed by atoms with Gasteiger partial charge in [-0.25, -0.2) is 0 Å². The lowest BCUT2D eigenvalue weighted by Gasteiger charge is -2.20. The molecule has 4 nitrogen and oxygen atoms in total. The molecule has 2 rings (SSSR count). The van der Waals surface area contributed by atoms with Crippen LogP contribution in [0.3, 0.4) is 0 Å². The fourth-order valence-electron chi connectivity index (χ4n) is 3.30. The Bertz CT molecular complexity index is 278. The van der Waals surface area contributed by atoms with Crippen molar-refractivity contribution in [3.8, 4) is 0 Å². The van der Waals surface area contributed by atoms with Gasteiger partial charge in [0.25, 0.3) is 0 Å². The number of nitrogens with zero attached hydrogens (tertiary/aromatic N) is 1. The molecule has 0 aliphatic carbocycles. The molecular formula is C14H27N3O. The van der Waals surface area contributed by atoms with E-state index in [4.69, 9.17) is 0 Å². The molecule has 2 aliphatic rings. The van der Waals surface area contributed by atoms with Crippen molar-refractivity contribution in [2.45, 2.75) is 51.6 Å². The van der Waals surface area contributed by atoms with Gasteiger partial charge in [-0.15, -0.1) is 0 Å². The number of nitrogens with one attached hydrogen (secondary N) is 2. The summed E-state index contributed by atoms with van der Waals surface area (Å²) >= 11 is 0. The average Bonchev–Trinajstić information content (AvgIpc) is 3.01. The normalized spacial score (nSPS) is 30.1. The molecule has 0 spiro atoms. The summed E-state index contributed by atoms with van der Waals surface area (Å²) in [5.41, 5.74) is 0. The smallest absolute Gasteiger partial charge is 0.224 e.